The Morgan fingerprint density at radius 2 is 2.11 bits per heavy atom. The van der Waals surface area contributed by atoms with Crippen molar-refractivity contribution in [1.82, 2.24) is 10.5 Å². The van der Waals surface area contributed by atoms with E-state index in [-0.39, 0.29) is 35.2 Å². The lowest BCUT2D eigenvalue weighted by atomic mass is 10.0. The second kappa shape index (κ2) is 8.90. The predicted molar refractivity (Wildman–Crippen MR) is 99.2 cm³/mol. The number of aromatic nitrogens is 1. The average molecular weight is 393 g/mol. The molecule has 0 saturated heterocycles. The van der Waals surface area contributed by atoms with Gasteiger partial charge in [-0.2, -0.15) is 0 Å². The summed E-state index contributed by atoms with van der Waals surface area (Å²) in [5.74, 6) is 0.914. The second-order valence-electron chi connectivity index (χ2n) is 6.16. The van der Waals surface area contributed by atoms with Crippen LogP contribution in [0.15, 0.2) is 28.8 Å². The van der Waals surface area contributed by atoms with Gasteiger partial charge in [0.1, 0.15) is 17.3 Å². The van der Waals surface area contributed by atoms with Gasteiger partial charge in [0.05, 0.1) is 24.2 Å². The molecule has 9 heteroatoms. The van der Waals surface area contributed by atoms with Crippen molar-refractivity contribution < 1.29 is 23.2 Å². The predicted octanol–water partition coefficient (Wildman–Crippen LogP) is 2.82. The van der Waals surface area contributed by atoms with Crippen LogP contribution in [0.2, 0.25) is 0 Å². The molecule has 2 amide bonds. The zero-order valence-electron chi connectivity index (χ0n) is 14.8. The van der Waals surface area contributed by atoms with Crippen LogP contribution in [-0.2, 0) is 9.59 Å². The Kier molecular flexibility index (Phi) is 6.33. The van der Waals surface area contributed by atoms with Crippen molar-refractivity contribution in [3.05, 3.63) is 41.4 Å². The minimum atomic E-state index is -0.368. The molecule has 2 aromatic rings. The highest BCUT2D eigenvalue weighted by atomic mass is 32.2. The number of thioether (sulfide) groups is 1. The number of halogens is 1. The molecule has 7 nitrogen and oxygen atoms in total. The van der Waals surface area contributed by atoms with Gasteiger partial charge in [-0.15, -0.1) is 11.8 Å². The average Bonchev–Trinajstić information content (AvgIpc) is 2.92. The molecule has 0 unspecified atom stereocenters. The Hall–Kier alpha value is -2.55. The van der Waals surface area contributed by atoms with Crippen LogP contribution in [0.5, 0.6) is 5.75 Å². The summed E-state index contributed by atoms with van der Waals surface area (Å²) in [5.41, 5.74) is 0.644. The molecule has 1 atom stereocenters. The Labute approximate surface area is 160 Å². The first-order chi connectivity index (χ1) is 13.0. The third-order valence-corrected chi connectivity index (χ3v) is 4.87. The number of fused-ring (bicyclic) bond motifs is 1. The van der Waals surface area contributed by atoms with Crippen LogP contribution in [0.1, 0.15) is 30.2 Å². The fraction of sp³-hybridized carbons (Fsp3) is 0.389. The Bertz CT molecular complexity index is 827. The Morgan fingerprint density at radius 3 is 2.89 bits per heavy atom. The van der Waals surface area contributed by atoms with Crippen molar-refractivity contribution >= 4 is 29.4 Å². The fourth-order valence-corrected chi connectivity index (χ4v) is 3.40. The molecule has 3 rings (SSSR count). The molecule has 2 heterocycles. The standard InChI is InChI=1S/C18H20FN3O4S/c1-11-7-16(22-26-11)21-18(24)10-27-9-17(23)20-14-3-2-6-25-15-5-4-12(19)8-13(14)15/h4-5,7-8,14H,2-3,6,9-10H2,1H3,(H,20,23)(H,21,22,24)/t14-/m0/s1. The zero-order valence-corrected chi connectivity index (χ0v) is 15.6. The zero-order chi connectivity index (χ0) is 19.2. The van der Waals surface area contributed by atoms with Crippen molar-refractivity contribution in [2.45, 2.75) is 25.8 Å². The topological polar surface area (TPSA) is 93.5 Å². The number of carbonyl (C=O) groups excluding carboxylic acids is 2. The molecule has 0 bridgehead atoms. The number of hydrogen-bond acceptors (Lipinski definition) is 6. The number of hydrogen-bond donors (Lipinski definition) is 2. The molecule has 1 aliphatic rings. The number of rotatable bonds is 6. The monoisotopic (exact) mass is 393 g/mol. The largest absolute Gasteiger partial charge is 0.493 e. The first-order valence-corrected chi connectivity index (χ1v) is 9.69. The third-order valence-electron chi connectivity index (χ3n) is 3.94. The van der Waals surface area contributed by atoms with Crippen LogP contribution in [-0.4, -0.2) is 35.1 Å². The van der Waals surface area contributed by atoms with Crippen LogP contribution in [0.3, 0.4) is 0 Å². The lowest BCUT2D eigenvalue weighted by Gasteiger charge is -2.18. The molecular formula is C18H20FN3O4S. The molecule has 0 saturated carbocycles. The quantitative estimate of drug-likeness (QED) is 0.784. The van der Waals surface area contributed by atoms with E-state index in [1.54, 1.807) is 19.1 Å². The molecule has 144 valence electrons. The minimum Gasteiger partial charge on any atom is -0.493 e. The van der Waals surface area contributed by atoms with Crippen molar-refractivity contribution in [2.24, 2.45) is 0 Å². The maximum absolute atomic E-state index is 13.6. The lowest BCUT2D eigenvalue weighted by molar-refractivity contribution is -0.119. The van der Waals surface area contributed by atoms with Gasteiger partial charge in [-0.1, -0.05) is 5.16 Å². The second-order valence-corrected chi connectivity index (χ2v) is 7.14. The van der Waals surface area contributed by atoms with Gasteiger partial charge in [-0.05, 0) is 38.0 Å². The molecule has 0 spiro atoms. The summed E-state index contributed by atoms with van der Waals surface area (Å²) in [4.78, 5) is 24.1. The van der Waals surface area contributed by atoms with E-state index in [1.807, 2.05) is 0 Å². The van der Waals surface area contributed by atoms with E-state index >= 15 is 0 Å². The van der Waals surface area contributed by atoms with Crippen LogP contribution < -0.4 is 15.4 Å². The van der Waals surface area contributed by atoms with E-state index in [9.17, 15) is 14.0 Å². The van der Waals surface area contributed by atoms with Gasteiger partial charge in [-0.25, -0.2) is 4.39 Å². The molecule has 0 radical (unpaired) electrons. The highest BCUT2D eigenvalue weighted by Crippen LogP contribution is 2.32. The first-order valence-electron chi connectivity index (χ1n) is 8.54. The van der Waals surface area contributed by atoms with Crippen LogP contribution in [0, 0.1) is 12.7 Å². The van der Waals surface area contributed by atoms with E-state index in [0.29, 0.717) is 35.9 Å². The van der Waals surface area contributed by atoms with Gasteiger partial charge in [0.2, 0.25) is 11.8 Å². The van der Waals surface area contributed by atoms with Crippen molar-refractivity contribution in [1.29, 1.82) is 0 Å². The van der Waals surface area contributed by atoms with Crippen molar-refractivity contribution in [3.8, 4) is 5.75 Å². The van der Waals surface area contributed by atoms with Crippen LogP contribution in [0.25, 0.3) is 0 Å². The number of aryl methyl sites for hydroxylation is 1. The van der Waals surface area contributed by atoms with Crippen molar-refractivity contribution in [3.63, 3.8) is 0 Å². The normalized spacial score (nSPS) is 16.0. The Balaban J connectivity index is 1.48. The molecule has 1 aromatic carbocycles. The summed E-state index contributed by atoms with van der Waals surface area (Å²) in [6, 6.07) is 5.62. The number of anilines is 1. The van der Waals surface area contributed by atoms with E-state index in [1.165, 1.54) is 23.9 Å². The van der Waals surface area contributed by atoms with E-state index in [0.717, 1.165) is 6.42 Å². The molecular weight excluding hydrogens is 373 g/mol. The van der Waals surface area contributed by atoms with Gasteiger partial charge in [-0.3, -0.25) is 9.59 Å². The summed E-state index contributed by atoms with van der Waals surface area (Å²) in [7, 11) is 0. The molecule has 1 aromatic heterocycles. The maximum Gasteiger partial charge on any atom is 0.235 e. The molecule has 2 N–H and O–H groups in total. The number of amides is 2. The van der Waals surface area contributed by atoms with Crippen LogP contribution >= 0.6 is 11.8 Å². The summed E-state index contributed by atoms with van der Waals surface area (Å²) < 4.78 is 24.0. The van der Waals surface area contributed by atoms with Gasteiger partial charge in [0.25, 0.3) is 0 Å². The number of benzene rings is 1. The van der Waals surface area contributed by atoms with Crippen LogP contribution in [0.4, 0.5) is 10.2 Å². The van der Waals surface area contributed by atoms with Gasteiger partial charge in [0.15, 0.2) is 5.82 Å². The SMILES string of the molecule is Cc1cc(NC(=O)CSCC(=O)N[C@H]2CCCOc3ccc(F)cc32)no1. The highest BCUT2D eigenvalue weighted by Gasteiger charge is 2.22. The minimum absolute atomic E-state index is 0.109. The van der Waals surface area contributed by atoms with E-state index in [4.69, 9.17) is 9.26 Å². The summed E-state index contributed by atoms with van der Waals surface area (Å²) in [6.45, 7) is 2.26. The van der Waals surface area contributed by atoms with E-state index < -0.39 is 0 Å². The molecule has 0 aliphatic carbocycles. The fourth-order valence-electron chi connectivity index (χ4n) is 2.77. The Morgan fingerprint density at radius 1 is 1.30 bits per heavy atom. The summed E-state index contributed by atoms with van der Waals surface area (Å²) in [5, 5.41) is 9.17. The number of ether oxygens (including phenoxy) is 1. The van der Waals surface area contributed by atoms with Gasteiger partial charge >= 0.3 is 0 Å². The van der Waals surface area contributed by atoms with Crippen molar-refractivity contribution in [2.75, 3.05) is 23.4 Å². The molecule has 27 heavy (non-hydrogen) atoms. The van der Waals surface area contributed by atoms with Gasteiger partial charge < -0.3 is 19.9 Å². The number of nitrogens with one attached hydrogen (secondary N) is 2. The maximum atomic E-state index is 13.6. The van der Waals surface area contributed by atoms with Gasteiger partial charge in [0, 0.05) is 11.6 Å². The molecule has 0 fully saturated rings. The molecule has 1 aliphatic heterocycles. The number of nitrogens with zero attached hydrogens (tertiary/aromatic N) is 1. The lowest BCUT2D eigenvalue weighted by Crippen LogP contribution is -2.30. The first kappa shape index (κ1) is 19.2. The summed E-state index contributed by atoms with van der Waals surface area (Å²) in [6.07, 6.45) is 1.42. The summed E-state index contributed by atoms with van der Waals surface area (Å²) >= 11 is 1.19. The third kappa shape index (κ3) is 5.46. The smallest absolute Gasteiger partial charge is 0.235 e. The van der Waals surface area contributed by atoms with E-state index in [2.05, 4.69) is 15.8 Å². The highest BCUT2D eigenvalue weighted by molar-refractivity contribution is 8.00. The number of carbonyl (C=O) groups is 2.